The zero-order valence-corrected chi connectivity index (χ0v) is 20.8. The van der Waals surface area contributed by atoms with Crippen LogP contribution in [0.5, 0.6) is 0 Å². The van der Waals surface area contributed by atoms with Crippen molar-refractivity contribution in [3.63, 3.8) is 0 Å². The summed E-state index contributed by atoms with van der Waals surface area (Å²) < 4.78 is 23.7. The topological polar surface area (TPSA) is 36.9 Å². The molecule has 0 aliphatic carbocycles. The highest BCUT2D eigenvalue weighted by Gasteiger charge is 2.49. The van der Waals surface area contributed by atoms with Crippen molar-refractivity contribution in [1.82, 2.24) is 0 Å². The van der Waals surface area contributed by atoms with Gasteiger partial charge in [-0.25, -0.2) is 0 Å². The molecular weight excluding hydrogens is 404 g/mol. The fourth-order valence-corrected chi connectivity index (χ4v) is 8.35. The first-order chi connectivity index (χ1) is 15.0. The summed E-state index contributed by atoms with van der Waals surface area (Å²) in [5, 5.41) is 2.57. The van der Waals surface area contributed by atoms with E-state index in [2.05, 4.69) is 88.4 Å². The van der Waals surface area contributed by atoms with E-state index in [0.29, 0.717) is 39.6 Å². The zero-order valence-electron chi connectivity index (χ0n) is 19.8. The lowest BCUT2D eigenvalue weighted by Crippen LogP contribution is -2.66. The van der Waals surface area contributed by atoms with E-state index in [4.69, 9.17) is 18.6 Å². The standard InChI is InChI=1S/C26H40O4Si/c1-5-6-17-27-18-19-28-20-21-29-22-23-30-31(26(2,3)4,24-13-9-7-10-14-24)25-15-11-8-12-16-25/h7-16H,5-6,17-23H2,1-4H3. The van der Waals surface area contributed by atoms with Crippen molar-refractivity contribution in [3.8, 4) is 0 Å². The molecule has 2 aromatic carbocycles. The Morgan fingerprint density at radius 1 is 0.613 bits per heavy atom. The molecule has 0 spiro atoms. The molecule has 2 rings (SSSR count). The van der Waals surface area contributed by atoms with E-state index >= 15 is 0 Å². The first-order valence-corrected chi connectivity index (χ1v) is 13.4. The summed E-state index contributed by atoms with van der Waals surface area (Å²) in [7, 11) is -2.47. The molecule has 0 aromatic heterocycles. The zero-order chi connectivity index (χ0) is 22.4. The normalized spacial score (nSPS) is 12.3. The van der Waals surface area contributed by atoms with Crippen LogP contribution in [0, 0.1) is 0 Å². The molecule has 31 heavy (non-hydrogen) atoms. The number of unbranched alkanes of at least 4 members (excludes halogenated alkanes) is 1. The van der Waals surface area contributed by atoms with Crippen molar-refractivity contribution in [2.75, 3.05) is 46.2 Å². The van der Waals surface area contributed by atoms with Gasteiger partial charge in [0.15, 0.2) is 0 Å². The molecule has 172 valence electrons. The van der Waals surface area contributed by atoms with Gasteiger partial charge in [-0.2, -0.15) is 0 Å². The molecule has 0 saturated heterocycles. The van der Waals surface area contributed by atoms with E-state index in [9.17, 15) is 0 Å². The molecule has 0 amide bonds. The average Bonchev–Trinajstić information content (AvgIpc) is 2.77. The minimum atomic E-state index is -2.47. The maximum atomic E-state index is 6.80. The number of benzene rings is 2. The van der Waals surface area contributed by atoms with Crippen LogP contribution >= 0.6 is 0 Å². The molecule has 0 aliphatic heterocycles. The van der Waals surface area contributed by atoms with Gasteiger partial charge >= 0.3 is 0 Å². The number of rotatable bonds is 15. The van der Waals surface area contributed by atoms with Crippen LogP contribution in [-0.2, 0) is 18.6 Å². The predicted octanol–water partition coefficient (Wildman–Crippen LogP) is 4.41. The second-order valence-corrected chi connectivity index (χ2v) is 13.0. The maximum Gasteiger partial charge on any atom is 0.261 e. The molecule has 0 heterocycles. The average molecular weight is 445 g/mol. The molecule has 0 aliphatic rings. The van der Waals surface area contributed by atoms with Crippen LogP contribution in [0.4, 0.5) is 0 Å². The molecule has 0 N–H and O–H groups in total. The molecule has 0 atom stereocenters. The third-order valence-corrected chi connectivity index (χ3v) is 10.4. The lowest BCUT2D eigenvalue weighted by Gasteiger charge is -2.43. The van der Waals surface area contributed by atoms with E-state index in [1.807, 2.05) is 0 Å². The molecule has 0 unspecified atom stereocenters. The van der Waals surface area contributed by atoms with Crippen LogP contribution in [0.2, 0.25) is 5.04 Å². The van der Waals surface area contributed by atoms with Gasteiger partial charge in [-0.1, -0.05) is 94.8 Å². The van der Waals surface area contributed by atoms with E-state index in [1.54, 1.807) is 0 Å². The number of ether oxygens (including phenoxy) is 3. The van der Waals surface area contributed by atoms with Crippen LogP contribution in [-0.4, -0.2) is 54.6 Å². The third-order valence-electron chi connectivity index (χ3n) is 5.35. The highest BCUT2D eigenvalue weighted by atomic mass is 28.4. The van der Waals surface area contributed by atoms with Crippen molar-refractivity contribution in [2.45, 2.75) is 45.6 Å². The molecule has 0 saturated carbocycles. The minimum absolute atomic E-state index is 0.0173. The van der Waals surface area contributed by atoms with Crippen LogP contribution in [0.25, 0.3) is 0 Å². The van der Waals surface area contributed by atoms with Crippen molar-refractivity contribution in [3.05, 3.63) is 60.7 Å². The van der Waals surface area contributed by atoms with Gasteiger partial charge in [0.2, 0.25) is 0 Å². The van der Waals surface area contributed by atoms with Crippen molar-refractivity contribution in [2.24, 2.45) is 0 Å². The van der Waals surface area contributed by atoms with Gasteiger partial charge in [0.1, 0.15) is 0 Å². The summed E-state index contributed by atoms with van der Waals surface area (Å²) in [6.45, 7) is 13.4. The Balaban J connectivity index is 1.88. The Kier molecular flexibility index (Phi) is 11.5. The second-order valence-electron chi connectivity index (χ2n) is 8.70. The van der Waals surface area contributed by atoms with Gasteiger partial charge in [-0.05, 0) is 21.8 Å². The molecule has 5 heteroatoms. The third kappa shape index (κ3) is 7.85. The Labute approximate surface area is 190 Å². The van der Waals surface area contributed by atoms with Crippen LogP contribution < -0.4 is 10.4 Å². The quantitative estimate of drug-likeness (QED) is 0.301. The van der Waals surface area contributed by atoms with Gasteiger partial charge < -0.3 is 18.6 Å². The highest BCUT2D eigenvalue weighted by Crippen LogP contribution is 2.36. The van der Waals surface area contributed by atoms with Crippen LogP contribution in [0.1, 0.15) is 40.5 Å². The SMILES string of the molecule is CCCCOCCOCCOCCO[Si](c1ccccc1)(c1ccccc1)C(C)(C)C. The van der Waals surface area contributed by atoms with Gasteiger partial charge in [0.25, 0.3) is 8.32 Å². The first-order valence-electron chi connectivity index (χ1n) is 11.5. The fourth-order valence-electron chi connectivity index (χ4n) is 3.80. The first kappa shape index (κ1) is 25.8. The molecule has 4 nitrogen and oxygen atoms in total. The van der Waals surface area contributed by atoms with Crippen molar-refractivity contribution in [1.29, 1.82) is 0 Å². The van der Waals surface area contributed by atoms with Crippen molar-refractivity contribution < 1.29 is 18.6 Å². The Morgan fingerprint density at radius 3 is 1.45 bits per heavy atom. The summed E-state index contributed by atoms with van der Waals surface area (Å²) in [5.74, 6) is 0. The van der Waals surface area contributed by atoms with Crippen LogP contribution in [0.15, 0.2) is 60.7 Å². The summed E-state index contributed by atoms with van der Waals surface area (Å²) in [6, 6.07) is 21.4. The lowest BCUT2D eigenvalue weighted by atomic mass is 10.2. The van der Waals surface area contributed by atoms with Gasteiger partial charge in [-0.3, -0.25) is 0 Å². The molecule has 0 fully saturated rings. The summed E-state index contributed by atoms with van der Waals surface area (Å²) >= 11 is 0. The van der Waals surface area contributed by atoms with E-state index in [0.717, 1.165) is 19.4 Å². The Morgan fingerprint density at radius 2 is 1.03 bits per heavy atom. The molecule has 0 radical (unpaired) electrons. The smallest absolute Gasteiger partial charge is 0.261 e. The fraction of sp³-hybridized carbons (Fsp3) is 0.538. The Hall–Kier alpha value is -1.50. The summed E-state index contributed by atoms with van der Waals surface area (Å²) in [6.07, 6.45) is 2.26. The predicted molar refractivity (Wildman–Crippen MR) is 131 cm³/mol. The van der Waals surface area contributed by atoms with Crippen molar-refractivity contribution >= 4 is 18.7 Å². The number of hydrogen-bond donors (Lipinski definition) is 0. The lowest BCUT2D eigenvalue weighted by molar-refractivity contribution is 0.00839. The second kappa shape index (κ2) is 13.8. The van der Waals surface area contributed by atoms with Gasteiger partial charge in [0.05, 0.1) is 39.6 Å². The molecule has 0 bridgehead atoms. The van der Waals surface area contributed by atoms with E-state index < -0.39 is 8.32 Å². The highest BCUT2D eigenvalue weighted by molar-refractivity contribution is 6.99. The number of hydrogen-bond acceptors (Lipinski definition) is 4. The molecule has 2 aromatic rings. The largest absolute Gasteiger partial charge is 0.405 e. The maximum absolute atomic E-state index is 6.80. The van der Waals surface area contributed by atoms with Crippen LogP contribution in [0.3, 0.4) is 0 Å². The molecular formula is C26H40O4Si. The summed E-state index contributed by atoms with van der Waals surface area (Å²) in [4.78, 5) is 0. The minimum Gasteiger partial charge on any atom is -0.405 e. The monoisotopic (exact) mass is 444 g/mol. The Bertz CT molecular complexity index is 661. The van der Waals surface area contributed by atoms with E-state index in [-0.39, 0.29) is 5.04 Å². The van der Waals surface area contributed by atoms with Gasteiger partial charge in [-0.15, -0.1) is 0 Å². The summed E-state index contributed by atoms with van der Waals surface area (Å²) in [5.41, 5.74) is 0. The van der Waals surface area contributed by atoms with Gasteiger partial charge in [0, 0.05) is 6.61 Å². The van der Waals surface area contributed by atoms with E-state index in [1.165, 1.54) is 10.4 Å².